The summed E-state index contributed by atoms with van der Waals surface area (Å²) in [6, 6.07) is 12.1. The zero-order chi connectivity index (χ0) is 22.9. The first-order valence-electron chi connectivity index (χ1n) is 10.1. The number of hydrogen-bond acceptors (Lipinski definition) is 6. The molecule has 0 atom stereocenters. The first-order valence-corrected chi connectivity index (χ1v) is 11.7. The monoisotopic (exact) mass is 454 g/mol. The van der Waals surface area contributed by atoms with Gasteiger partial charge in [0.1, 0.15) is 17.6 Å². The number of anilines is 2. The van der Waals surface area contributed by atoms with Crippen LogP contribution in [0.2, 0.25) is 0 Å². The number of nitrogens with one attached hydrogen (secondary N) is 2. The quantitative estimate of drug-likeness (QED) is 0.442. The molecule has 0 bridgehead atoms. The topological polar surface area (TPSA) is 123 Å². The maximum absolute atomic E-state index is 12.8. The van der Waals surface area contributed by atoms with Gasteiger partial charge in [-0.2, -0.15) is 0 Å². The van der Waals surface area contributed by atoms with E-state index in [0.29, 0.717) is 34.5 Å². The zero-order valence-electron chi connectivity index (χ0n) is 17.6. The van der Waals surface area contributed by atoms with Gasteiger partial charge in [-0.25, -0.2) is 13.4 Å². The van der Waals surface area contributed by atoms with E-state index in [4.69, 9.17) is 4.42 Å². The Hall–Kier alpha value is -3.66. The predicted octanol–water partition coefficient (Wildman–Crippen LogP) is 3.24. The number of fused-ring (bicyclic) bond motifs is 3. The van der Waals surface area contributed by atoms with Crippen LogP contribution in [0.3, 0.4) is 0 Å². The lowest BCUT2D eigenvalue weighted by Crippen LogP contribution is -2.28. The Kier molecular flexibility index (Phi) is 5.70. The summed E-state index contributed by atoms with van der Waals surface area (Å²) in [6.45, 7) is 3.21. The average Bonchev–Trinajstić information content (AvgIpc) is 3.12. The molecular formula is C22H22N4O5S. The summed E-state index contributed by atoms with van der Waals surface area (Å²) in [5.74, 6) is -0.454. The van der Waals surface area contributed by atoms with Crippen molar-refractivity contribution in [1.82, 2.24) is 9.55 Å². The summed E-state index contributed by atoms with van der Waals surface area (Å²) >= 11 is 0. The molecule has 32 heavy (non-hydrogen) atoms. The fourth-order valence-corrected chi connectivity index (χ4v) is 4.64. The summed E-state index contributed by atoms with van der Waals surface area (Å²) in [4.78, 5) is 29.7. The third-order valence-electron chi connectivity index (χ3n) is 5.01. The molecule has 2 aromatic carbocycles. The number of amides is 1. The van der Waals surface area contributed by atoms with Gasteiger partial charge in [-0.3, -0.25) is 18.9 Å². The van der Waals surface area contributed by atoms with E-state index in [1.165, 1.54) is 10.9 Å². The molecular weight excluding hydrogens is 432 g/mol. The lowest BCUT2D eigenvalue weighted by molar-refractivity contribution is -0.116. The van der Waals surface area contributed by atoms with Crippen LogP contribution in [-0.2, 0) is 21.4 Å². The van der Waals surface area contributed by atoms with Crippen LogP contribution in [0.5, 0.6) is 0 Å². The van der Waals surface area contributed by atoms with Gasteiger partial charge in [0.25, 0.3) is 5.56 Å². The highest BCUT2D eigenvalue weighted by atomic mass is 32.2. The molecule has 166 valence electrons. The molecule has 2 heterocycles. The van der Waals surface area contributed by atoms with E-state index in [0.717, 1.165) is 5.39 Å². The van der Waals surface area contributed by atoms with Crippen LogP contribution in [0.1, 0.15) is 18.9 Å². The van der Waals surface area contributed by atoms with Gasteiger partial charge >= 0.3 is 0 Å². The molecule has 4 rings (SSSR count). The summed E-state index contributed by atoms with van der Waals surface area (Å²) in [5, 5.41) is 3.46. The van der Waals surface area contributed by atoms with Crippen molar-refractivity contribution < 1.29 is 17.6 Å². The Morgan fingerprint density at radius 2 is 1.88 bits per heavy atom. The average molecular weight is 455 g/mol. The molecule has 0 aliphatic rings. The Balaban J connectivity index is 1.56. The molecule has 0 fully saturated rings. The number of benzene rings is 2. The third-order valence-corrected chi connectivity index (χ3v) is 6.49. The molecule has 0 spiro atoms. The molecule has 1 amide bonds. The van der Waals surface area contributed by atoms with E-state index in [1.54, 1.807) is 44.2 Å². The van der Waals surface area contributed by atoms with Gasteiger partial charge in [0, 0.05) is 11.1 Å². The summed E-state index contributed by atoms with van der Waals surface area (Å²) in [6.07, 6.45) is 1.80. The first-order chi connectivity index (χ1) is 15.3. The van der Waals surface area contributed by atoms with E-state index in [2.05, 4.69) is 15.0 Å². The maximum atomic E-state index is 12.8. The molecule has 0 unspecified atom stereocenters. The fraction of sp³-hybridized carbons (Fsp3) is 0.227. The van der Waals surface area contributed by atoms with Gasteiger partial charge in [-0.05, 0) is 43.2 Å². The molecule has 2 aromatic heterocycles. The van der Waals surface area contributed by atoms with Crippen LogP contribution in [0.25, 0.3) is 22.1 Å². The molecule has 0 radical (unpaired) electrons. The Morgan fingerprint density at radius 3 is 2.66 bits per heavy atom. The molecule has 0 saturated carbocycles. The van der Waals surface area contributed by atoms with Gasteiger partial charge in [0.05, 0.1) is 17.8 Å². The fourth-order valence-electron chi connectivity index (χ4n) is 3.44. The minimum Gasteiger partial charge on any atom is -0.448 e. The number of nitrogens with zero attached hydrogens (tertiary/aromatic N) is 2. The molecule has 10 heteroatoms. The largest absolute Gasteiger partial charge is 0.448 e. The van der Waals surface area contributed by atoms with Crippen molar-refractivity contribution in [2.24, 2.45) is 0 Å². The Morgan fingerprint density at radius 1 is 1.12 bits per heavy atom. The molecule has 2 N–H and O–H groups in total. The van der Waals surface area contributed by atoms with Crippen LogP contribution in [0, 0.1) is 6.92 Å². The number of carbonyl (C=O) groups excluding carboxylic acids is 1. The number of para-hydroxylation sites is 1. The minimum atomic E-state index is -3.47. The van der Waals surface area contributed by atoms with Crippen molar-refractivity contribution in [1.29, 1.82) is 0 Å². The van der Waals surface area contributed by atoms with Crippen LogP contribution < -0.4 is 15.6 Å². The maximum Gasteiger partial charge on any atom is 0.297 e. The summed E-state index contributed by atoms with van der Waals surface area (Å²) in [7, 11) is -3.47. The van der Waals surface area contributed by atoms with Crippen molar-refractivity contribution >= 4 is 49.4 Å². The van der Waals surface area contributed by atoms with Gasteiger partial charge < -0.3 is 9.73 Å². The summed E-state index contributed by atoms with van der Waals surface area (Å²) < 4.78 is 33.5. The summed E-state index contributed by atoms with van der Waals surface area (Å²) in [5.41, 5.74) is 2.02. The highest BCUT2D eigenvalue weighted by molar-refractivity contribution is 7.92. The van der Waals surface area contributed by atoms with Crippen LogP contribution in [-0.4, -0.2) is 29.6 Å². The molecule has 9 nitrogen and oxygen atoms in total. The second-order valence-electron chi connectivity index (χ2n) is 7.40. The highest BCUT2D eigenvalue weighted by Crippen LogP contribution is 2.25. The first kappa shape index (κ1) is 21.6. The zero-order valence-corrected chi connectivity index (χ0v) is 18.4. The third kappa shape index (κ3) is 4.22. The predicted molar refractivity (Wildman–Crippen MR) is 123 cm³/mol. The van der Waals surface area contributed by atoms with E-state index in [-0.39, 0.29) is 17.9 Å². The lowest BCUT2D eigenvalue weighted by atomic mass is 10.1. The van der Waals surface area contributed by atoms with Crippen molar-refractivity contribution in [3.63, 3.8) is 0 Å². The van der Waals surface area contributed by atoms with E-state index >= 15 is 0 Å². The number of carbonyl (C=O) groups is 1. The van der Waals surface area contributed by atoms with Gasteiger partial charge in [0.15, 0.2) is 0 Å². The van der Waals surface area contributed by atoms with E-state index in [9.17, 15) is 18.0 Å². The SMILES string of the molecule is CCCS(=O)(=O)Nc1cccc(NC(=O)Cn2cnc3c(oc4ccccc43)c2=O)c1C. The van der Waals surface area contributed by atoms with Gasteiger partial charge in [-0.15, -0.1) is 0 Å². The smallest absolute Gasteiger partial charge is 0.297 e. The number of rotatable bonds is 7. The number of hydrogen-bond donors (Lipinski definition) is 2. The van der Waals surface area contributed by atoms with Crippen molar-refractivity contribution in [2.45, 2.75) is 26.8 Å². The molecule has 0 saturated heterocycles. The lowest BCUT2D eigenvalue weighted by Gasteiger charge is -2.14. The molecule has 0 aliphatic heterocycles. The Bertz CT molecular complexity index is 1490. The van der Waals surface area contributed by atoms with E-state index < -0.39 is 21.5 Å². The van der Waals surface area contributed by atoms with E-state index in [1.807, 2.05) is 12.1 Å². The Labute approximate surface area is 184 Å². The number of furan rings is 1. The van der Waals surface area contributed by atoms with Gasteiger partial charge in [-0.1, -0.05) is 25.1 Å². The number of aromatic nitrogens is 2. The van der Waals surface area contributed by atoms with Crippen LogP contribution in [0.15, 0.2) is 58.0 Å². The molecule has 0 aliphatic carbocycles. The highest BCUT2D eigenvalue weighted by Gasteiger charge is 2.16. The van der Waals surface area contributed by atoms with Crippen molar-refractivity contribution in [3.05, 3.63) is 64.7 Å². The van der Waals surface area contributed by atoms with Crippen LogP contribution >= 0.6 is 0 Å². The second kappa shape index (κ2) is 8.46. The normalized spacial score (nSPS) is 11.7. The van der Waals surface area contributed by atoms with Crippen LogP contribution in [0.4, 0.5) is 11.4 Å². The number of sulfonamides is 1. The molecule has 4 aromatic rings. The standard InChI is InChI=1S/C22H22N4O5S/c1-3-11-32(29,30)25-17-9-6-8-16(14(17)2)24-19(27)12-26-13-23-20-15-7-4-5-10-18(15)31-21(20)22(26)28/h4-10,13,25H,3,11-12H2,1-2H3,(H,24,27). The van der Waals surface area contributed by atoms with Crippen molar-refractivity contribution in [2.75, 3.05) is 15.8 Å². The van der Waals surface area contributed by atoms with Gasteiger partial charge in [0.2, 0.25) is 21.5 Å². The minimum absolute atomic E-state index is 0.00319. The van der Waals surface area contributed by atoms with Crippen molar-refractivity contribution in [3.8, 4) is 0 Å². The second-order valence-corrected chi connectivity index (χ2v) is 9.24.